The number of amides is 1. The fourth-order valence-electron chi connectivity index (χ4n) is 3.24. The molecule has 1 aliphatic heterocycles. The number of carbonyl (C=O) groups is 2. The zero-order chi connectivity index (χ0) is 19.6. The molecule has 3 N–H and O–H groups in total. The number of halogens is 2. The Morgan fingerprint density at radius 2 is 2.00 bits per heavy atom. The number of carbonyl (C=O) groups excluding carboxylic acids is 1. The van der Waals surface area contributed by atoms with Crippen LogP contribution in [-0.2, 0) is 9.59 Å². The summed E-state index contributed by atoms with van der Waals surface area (Å²) in [5.41, 5.74) is -0.593. The van der Waals surface area contributed by atoms with Crippen molar-refractivity contribution in [2.24, 2.45) is 11.3 Å². The van der Waals surface area contributed by atoms with Crippen LogP contribution in [0.4, 0.5) is 8.78 Å². The highest BCUT2D eigenvalue weighted by Gasteiger charge is 2.47. The third kappa shape index (κ3) is 4.02. The maximum absolute atomic E-state index is 14.3. The van der Waals surface area contributed by atoms with Gasteiger partial charge in [-0.05, 0) is 19.5 Å². The molecule has 1 aliphatic rings. The van der Waals surface area contributed by atoms with Gasteiger partial charge in [-0.25, -0.2) is 8.78 Å². The normalized spacial score (nSPS) is 23.8. The highest BCUT2D eigenvalue weighted by molar-refractivity contribution is 5.83. The minimum absolute atomic E-state index is 0.0160. The van der Waals surface area contributed by atoms with Gasteiger partial charge >= 0.3 is 5.97 Å². The van der Waals surface area contributed by atoms with E-state index in [4.69, 9.17) is 0 Å². The van der Waals surface area contributed by atoms with Crippen LogP contribution in [0.1, 0.15) is 31.9 Å². The molecule has 0 unspecified atom stereocenters. The molecule has 26 heavy (non-hydrogen) atoms. The maximum atomic E-state index is 14.3. The molecule has 0 aliphatic carbocycles. The van der Waals surface area contributed by atoms with Crippen LogP contribution >= 0.6 is 0 Å². The topological polar surface area (TPSA) is 89.9 Å². The molecule has 1 aromatic rings. The Balaban J connectivity index is 2.33. The highest BCUT2D eigenvalue weighted by Crippen LogP contribution is 2.41. The zero-order valence-electron chi connectivity index (χ0n) is 15.0. The Bertz CT molecular complexity index is 696. The van der Waals surface area contributed by atoms with E-state index in [1.807, 2.05) is 0 Å². The molecular formula is C18H24F2N2O4. The molecule has 0 bridgehead atoms. The van der Waals surface area contributed by atoms with Gasteiger partial charge in [0.25, 0.3) is 0 Å². The maximum Gasteiger partial charge on any atom is 0.320 e. The molecule has 1 fully saturated rings. The van der Waals surface area contributed by atoms with Crippen LogP contribution in [0.2, 0.25) is 0 Å². The summed E-state index contributed by atoms with van der Waals surface area (Å²) in [6.07, 6.45) is -0.0160. The van der Waals surface area contributed by atoms with E-state index in [0.29, 0.717) is 0 Å². The fraction of sp³-hybridized carbons (Fsp3) is 0.556. The van der Waals surface area contributed by atoms with E-state index < -0.39 is 46.9 Å². The lowest BCUT2D eigenvalue weighted by Crippen LogP contribution is -2.41. The van der Waals surface area contributed by atoms with E-state index in [9.17, 15) is 28.6 Å². The van der Waals surface area contributed by atoms with Crippen molar-refractivity contribution in [2.45, 2.75) is 32.4 Å². The molecular weight excluding hydrogens is 346 g/mol. The van der Waals surface area contributed by atoms with Crippen molar-refractivity contribution in [3.05, 3.63) is 35.4 Å². The Kier molecular flexibility index (Phi) is 5.98. The number of likely N-dealkylation sites (tertiary alicyclic amines) is 1. The summed E-state index contributed by atoms with van der Waals surface area (Å²) in [6, 6.07) is 1.79. The SMILES string of the molecule is CN1[C@H](C(=O)O)C[C@H](C(=O)NCC(C)(C)CO)[C@@H]1c1cccc(F)c1F. The number of rotatable bonds is 6. The predicted octanol–water partition coefficient (Wildman–Crippen LogP) is 1.55. The summed E-state index contributed by atoms with van der Waals surface area (Å²) in [5.74, 6) is -4.55. The molecule has 0 aromatic heterocycles. The molecule has 1 heterocycles. The second-order valence-corrected chi connectivity index (χ2v) is 7.49. The average Bonchev–Trinajstić information content (AvgIpc) is 2.93. The Morgan fingerprint density at radius 3 is 2.58 bits per heavy atom. The smallest absolute Gasteiger partial charge is 0.320 e. The Hall–Kier alpha value is -2.06. The molecule has 3 atom stereocenters. The number of hydrogen-bond acceptors (Lipinski definition) is 4. The third-order valence-electron chi connectivity index (χ3n) is 4.88. The monoisotopic (exact) mass is 370 g/mol. The lowest BCUT2D eigenvalue weighted by Gasteiger charge is -2.28. The third-order valence-corrected chi connectivity index (χ3v) is 4.88. The molecule has 1 amide bonds. The summed E-state index contributed by atoms with van der Waals surface area (Å²) < 4.78 is 28.0. The van der Waals surface area contributed by atoms with Gasteiger partial charge in [0.1, 0.15) is 6.04 Å². The van der Waals surface area contributed by atoms with Crippen molar-refractivity contribution in [3.63, 3.8) is 0 Å². The van der Waals surface area contributed by atoms with Gasteiger partial charge in [0.05, 0.1) is 5.92 Å². The number of benzene rings is 1. The minimum Gasteiger partial charge on any atom is -0.480 e. The molecule has 6 nitrogen and oxygen atoms in total. The van der Waals surface area contributed by atoms with Crippen molar-refractivity contribution in [2.75, 3.05) is 20.2 Å². The van der Waals surface area contributed by atoms with Crippen LogP contribution in [0.25, 0.3) is 0 Å². The van der Waals surface area contributed by atoms with Gasteiger partial charge in [-0.1, -0.05) is 26.0 Å². The van der Waals surface area contributed by atoms with Gasteiger partial charge in [-0.3, -0.25) is 14.5 Å². The van der Waals surface area contributed by atoms with Crippen LogP contribution in [0, 0.1) is 23.0 Å². The van der Waals surface area contributed by atoms with E-state index >= 15 is 0 Å². The second-order valence-electron chi connectivity index (χ2n) is 7.49. The van der Waals surface area contributed by atoms with Gasteiger partial charge in [-0.15, -0.1) is 0 Å². The van der Waals surface area contributed by atoms with Crippen LogP contribution in [0.15, 0.2) is 18.2 Å². The predicted molar refractivity (Wildman–Crippen MR) is 90.3 cm³/mol. The Morgan fingerprint density at radius 1 is 1.35 bits per heavy atom. The van der Waals surface area contributed by atoms with E-state index in [-0.39, 0.29) is 25.1 Å². The quantitative estimate of drug-likeness (QED) is 0.707. The van der Waals surface area contributed by atoms with Crippen molar-refractivity contribution in [3.8, 4) is 0 Å². The summed E-state index contributed by atoms with van der Waals surface area (Å²) in [7, 11) is 1.48. The lowest BCUT2D eigenvalue weighted by molar-refractivity contribution is -0.142. The summed E-state index contributed by atoms with van der Waals surface area (Å²) in [6.45, 7) is 3.56. The number of hydrogen-bond donors (Lipinski definition) is 3. The highest BCUT2D eigenvalue weighted by atomic mass is 19.2. The van der Waals surface area contributed by atoms with Crippen LogP contribution in [0.3, 0.4) is 0 Å². The first-order valence-corrected chi connectivity index (χ1v) is 8.36. The van der Waals surface area contributed by atoms with Crippen molar-refractivity contribution in [1.82, 2.24) is 10.2 Å². The standard InChI is InChI=1S/C18H24F2N2O4/c1-18(2,9-23)8-21-16(24)11-7-13(17(25)26)22(3)15(11)10-5-4-6-12(19)14(10)20/h4-6,11,13,15,23H,7-9H2,1-3H3,(H,21,24)(H,25,26)/t11-,13-,15-/m0/s1. The van der Waals surface area contributed by atoms with Crippen molar-refractivity contribution < 1.29 is 28.6 Å². The number of carboxylic acids is 1. The number of aliphatic hydroxyl groups excluding tert-OH is 1. The van der Waals surface area contributed by atoms with Crippen LogP contribution in [-0.4, -0.2) is 53.2 Å². The first kappa shape index (κ1) is 20.3. The minimum atomic E-state index is -1.12. The molecule has 1 aromatic carbocycles. The number of aliphatic hydroxyl groups is 1. The first-order valence-electron chi connectivity index (χ1n) is 8.36. The number of nitrogens with one attached hydrogen (secondary N) is 1. The largest absolute Gasteiger partial charge is 0.480 e. The van der Waals surface area contributed by atoms with Crippen LogP contribution in [0.5, 0.6) is 0 Å². The van der Waals surface area contributed by atoms with Gasteiger partial charge in [0.15, 0.2) is 11.6 Å². The Labute approximate surface area is 150 Å². The molecule has 0 radical (unpaired) electrons. The molecule has 144 valence electrons. The van der Waals surface area contributed by atoms with E-state index in [1.54, 1.807) is 13.8 Å². The van der Waals surface area contributed by atoms with Gasteiger partial charge in [0.2, 0.25) is 5.91 Å². The second kappa shape index (κ2) is 7.67. The number of aliphatic carboxylic acids is 1. The van der Waals surface area contributed by atoms with Crippen molar-refractivity contribution >= 4 is 11.9 Å². The van der Waals surface area contributed by atoms with Gasteiger partial charge in [0, 0.05) is 30.2 Å². The molecule has 0 saturated carbocycles. The van der Waals surface area contributed by atoms with E-state index in [1.165, 1.54) is 24.1 Å². The number of likely N-dealkylation sites (N-methyl/N-ethyl adjacent to an activating group) is 1. The number of nitrogens with zero attached hydrogens (tertiary/aromatic N) is 1. The lowest BCUT2D eigenvalue weighted by atomic mass is 9.90. The summed E-state index contributed by atoms with van der Waals surface area (Å²) in [5, 5.41) is 21.4. The average molecular weight is 370 g/mol. The molecule has 1 saturated heterocycles. The molecule has 2 rings (SSSR count). The van der Waals surface area contributed by atoms with E-state index in [2.05, 4.69) is 5.32 Å². The summed E-state index contributed by atoms with van der Waals surface area (Å²) in [4.78, 5) is 25.6. The van der Waals surface area contributed by atoms with Gasteiger partial charge in [-0.2, -0.15) is 0 Å². The zero-order valence-corrected chi connectivity index (χ0v) is 15.0. The van der Waals surface area contributed by atoms with E-state index in [0.717, 1.165) is 6.07 Å². The first-order chi connectivity index (χ1) is 12.1. The summed E-state index contributed by atoms with van der Waals surface area (Å²) >= 11 is 0. The van der Waals surface area contributed by atoms with Gasteiger partial charge < -0.3 is 15.5 Å². The van der Waals surface area contributed by atoms with Crippen molar-refractivity contribution in [1.29, 1.82) is 0 Å². The number of carboxylic acid groups (broad SMARTS) is 1. The molecule has 0 spiro atoms. The fourth-order valence-corrected chi connectivity index (χ4v) is 3.24. The van der Waals surface area contributed by atoms with Crippen LogP contribution < -0.4 is 5.32 Å². The molecule has 8 heteroatoms.